The van der Waals surface area contributed by atoms with Gasteiger partial charge in [-0.05, 0) is 19.8 Å². The quantitative estimate of drug-likeness (QED) is 0.797. The molecule has 0 radical (unpaired) electrons. The predicted molar refractivity (Wildman–Crippen MR) is 80.6 cm³/mol. The minimum absolute atomic E-state index is 0.131. The van der Waals surface area contributed by atoms with Gasteiger partial charge in [0.1, 0.15) is 13.2 Å². The van der Waals surface area contributed by atoms with Crippen LogP contribution in [0.15, 0.2) is 12.1 Å². The molecule has 0 aromatic heterocycles. The molecule has 0 bridgehead atoms. The Hall–Kier alpha value is -2.11. The summed E-state index contributed by atoms with van der Waals surface area (Å²) >= 11 is 0. The van der Waals surface area contributed by atoms with Gasteiger partial charge in [-0.15, -0.1) is 0 Å². The molecule has 1 amide bonds. The molecule has 6 heteroatoms. The lowest BCUT2D eigenvalue weighted by atomic mass is 9.92. The van der Waals surface area contributed by atoms with Gasteiger partial charge in [-0.1, -0.05) is 0 Å². The molecule has 21 heavy (non-hydrogen) atoms. The van der Waals surface area contributed by atoms with E-state index in [1.807, 2.05) is 6.07 Å². The number of primary amides is 1. The number of nitrogens with zero attached hydrogens (tertiary/aromatic N) is 1. The van der Waals surface area contributed by atoms with Gasteiger partial charge >= 0.3 is 0 Å². The number of nitrogens with two attached hydrogens (primary N) is 2. The first-order chi connectivity index (χ1) is 10.1. The first-order valence-corrected chi connectivity index (χ1v) is 7.31. The van der Waals surface area contributed by atoms with Gasteiger partial charge < -0.3 is 25.8 Å². The Labute approximate surface area is 124 Å². The molecule has 4 N–H and O–H groups in total. The minimum Gasteiger partial charge on any atom is -0.486 e. The Morgan fingerprint density at radius 3 is 2.57 bits per heavy atom. The minimum atomic E-state index is -0.247. The van der Waals surface area contributed by atoms with E-state index in [1.54, 1.807) is 6.07 Å². The van der Waals surface area contributed by atoms with Crippen LogP contribution in [0.4, 0.5) is 11.4 Å². The van der Waals surface area contributed by atoms with Crippen LogP contribution in [0.5, 0.6) is 11.5 Å². The fourth-order valence-corrected chi connectivity index (χ4v) is 3.02. The van der Waals surface area contributed by atoms with E-state index in [9.17, 15) is 4.79 Å². The molecule has 0 saturated carbocycles. The number of anilines is 2. The molecule has 3 rings (SSSR count). The van der Waals surface area contributed by atoms with Crippen LogP contribution in [0.2, 0.25) is 0 Å². The lowest BCUT2D eigenvalue weighted by Gasteiger charge is -2.39. The second kappa shape index (κ2) is 5.35. The molecular formula is C15H21N3O3. The molecule has 2 heterocycles. The standard InChI is InChI=1S/C15H21N3O3/c1-9-2-3-10(15(17)19)8-18(9)12-7-14-13(6-11(12)16)20-4-5-21-14/h6-7,9-10H,2-5,8,16H2,1H3,(H2,17,19). The van der Waals surface area contributed by atoms with Crippen LogP contribution in [-0.4, -0.2) is 31.7 Å². The zero-order chi connectivity index (χ0) is 15.0. The smallest absolute Gasteiger partial charge is 0.222 e. The normalized spacial score (nSPS) is 24.7. The molecular weight excluding hydrogens is 270 g/mol. The van der Waals surface area contributed by atoms with Crippen molar-refractivity contribution in [3.8, 4) is 11.5 Å². The fourth-order valence-electron chi connectivity index (χ4n) is 3.02. The molecule has 1 fully saturated rings. The van der Waals surface area contributed by atoms with Crippen LogP contribution in [-0.2, 0) is 4.79 Å². The highest BCUT2D eigenvalue weighted by atomic mass is 16.6. The van der Waals surface area contributed by atoms with Gasteiger partial charge in [0.05, 0.1) is 17.3 Å². The zero-order valence-electron chi connectivity index (χ0n) is 12.2. The topological polar surface area (TPSA) is 90.8 Å². The van der Waals surface area contributed by atoms with Crippen molar-refractivity contribution in [3.63, 3.8) is 0 Å². The van der Waals surface area contributed by atoms with E-state index in [-0.39, 0.29) is 11.8 Å². The zero-order valence-corrected chi connectivity index (χ0v) is 12.2. The summed E-state index contributed by atoms with van der Waals surface area (Å²) in [6, 6.07) is 4.01. The Balaban J connectivity index is 1.92. The number of fused-ring (bicyclic) bond motifs is 1. The van der Waals surface area contributed by atoms with Crippen molar-refractivity contribution in [1.29, 1.82) is 0 Å². The van der Waals surface area contributed by atoms with Gasteiger partial charge in [0.2, 0.25) is 5.91 Å². The number of hydrogen-bond acceptors (Lipinski definition) is 5. The van der Waals surface area contributed by atoms with Crippen LogP contribution in [0, 0.1) is 5.92 Å². The first kappa shape index (κ1) is 13.9. The fraction of sp³-hybridized carbons (Fsp3) is 0.533. The highest BCUT2D eigenvalue weighted by Gasteiger charge is 2.30. The van der Waals surface area contributed by atoms with Crippen LogP contribution in [0.25, 0.3) is 0 Å². The molecule has 0 aliphatic carbocycles. The number of amides is 1. The molecule has 2 unspecified atom stereocenters. The molecule has 2 aliphatic heterocycles. The lowest BCUT2D eigenvalue weighted by molar-refractivity contribution is -0.122. The van der Waals surface area contributed by atoms with Crippen molar-refractivity contribution in [2.75, 3.05) is 30.4 Å². The van der Waals surface area contributed by atoms with Crippen molar-refractivity contribution in [2.45, 2.75) is 25.8 Å². The number of nitrogen functional groups attached to an aromatic ring is 1. The molecule has 2 aliphatic rings. The van der Waals surface area contributed by atoms with E-state index in [2.05, 4.69) is 11.8 Å². The third kappa shape index (κ3) is 2.57. The van der Waals surface area contributed by atoms with Crippen LogP contribution >= 0.6 is 0 Å². The van der Waals surface area contributed by atoms with Crippen LogP contribution in [0.3, 0.4) is 0 Å². The number of carbonyl (C=O) groups excluding carboxylic acids is 1. The average Bonchev–Trinajstić information content (AvgIpc) is 2.47. The number of hydrogen-bond donors (Lipinski definition) is 2. The number of benzene rings is 1. The Morgan fingerprint density at radius 1 is 1.24 bits per heavy atom. The van der Waals surface area contributed by atoms with Crippen LogP contribution < -0.4 is 25.8 Å². The van der Waals surface area contributed by atoms with Crippen LogP contribution in [0.1, 0.15) is 19.8 Å². The second-order valence-electron chi connectivity index (χ2n) is 5.73. The van der Waals surface area contributed by atoms with E-state index in [0.29, 0.717) is 43.0 Å². The lowest BCUT2D eigenvalue weighted by Crippen LogP contribution is -2.46. The van der Waals surface area contributed by atoms with E-state index >= 15 is 0 Å². The molecule has 114 valence electrons. The van der Waals surface area contributed by atoms with Gasteiger partial charge in [0.25, 0.3) is 0 Å². The number of rotatable bonds is 2. The highest BCUT2D eigenvalue weighted by molar-refractivity contribution is 5.79. The number of carbonyl (C=O) groups is 1. The predicted octanol–water partition coefficient (Wildman–Crippen LogP) is 1.13. The summed E-state index contributed by atoms with van der Waals surface area (Å²) in [4.78, 5) is 13.6. The summed E-state index contributed by atoms with van der Waals surface area (Å²) in [5.74, 6) is 1.01. The Kier molecular flexibility index (Phi) is 3.53. The Bertz CT molecular complexity index is 561. The van der Waals surface area contributed by atoms with E-state index in [1.165, 1.54) is 0 Å². The summed E-state index contributed by atoms with van der Waals surface area (Å²) in [5, 5.41) is 0. The summed E-state index contributed by atoms with van der Waals surface area (Å²) in [7, 11) is 0. The maximum atomic E-state index is 11.5. The number of piperidine rings is 1. The van der Waals surface area contributed by atoms with Gasteiger partial charge in [0.15, 0.2) is 11.5 Å². The van der Waals surface area contributed by atoms with Gasteiger partial charge in [-0.3, -0.25) is 4.79 Å². The van der Waals surface area contributed by atoms with E-state index in [0.717, 1.165) is 18.5 Å². The maximum absolute atomic E-state index is 11.5. The molecule has 1 aromatic rings. The van der Waals surface area contributed by atoms with Crippen molar-refractivity contribution < 1.29 is 14.3 Å². The van der Waals surface area contributed by atoms with Gasteiger partial charge in [0, 0.05) is 24.7 Å². The Morgan fingerprint density at radius 2 is 1.90 bits per heavy atom. The summed E-state index contributed by atoms with van der Waals surface area (Å²) < 4.78 is 11.2. The van der Waals surface area contributed by atoms with Crippen molar-refractivity contribution >= 4 is 17.3 Å². The average molecular weight is 291 g/mol. The maximum Gasteiger partial charge on any atom is 0.222 e. The van der Waals surface area contributed by atoms with E-state index < -0.39 is 0 Å². The van der Waals surface area contributed by atoms with Gasteiger partial charge in [-0.25, -0.2) is 0 Å². The third-order valence-corrected chi connectivity index (χ3v) is 4.29. The molecule has 1 aromatic carbocycles. The number of ether oxygens (including phenoxy) is 2. The van der Waals surface area contributed by atoms with Crippen molar-refractivity contribution in [3.05, 3.63) is 12.1 Å². The molecule has 1 saturated heterocycles. The molecule has 6 nitrogen and oxygen atoms in total. The van der Waals surface area contributed by atoms with E-state index in [4.69, 9.17) is 20.9 Å². The summed E-state index contributed by atoms with van der Waals surface area (Å²) in [6.07, 6.45) is 1.75. The molecule has 0 spiro atoms. The second-order valence-corrected chi connectivity index (χ2v) is 5.73. The highest BCUT2D eigenvalue weighted by Crippen LogP contribution is 2.40. The largest absolute Gasteiger partial charge is 0.486 e. The van der Waals surface area contributed by atoms with Crippen molar-refractivity contribution in [2.24, 2.45) is 11.7 Å². The third-order valence-electron chi connectivity index (χ3n) is 4.29. The SMILES string of the molecule is CC1CCC(C(N)=O)CN1c1cc2c(cc1N)OCCO2. The molecule has 2 atom stereocenters. The van der Waals surface area contributed by atoms with Crippen molar-refractivity contribution in [1.82, 2.24) is 0 Å². The monoisotopic (exact) mass is 291 g/mol. The summed E-state index contributed by atoms with van der Waals surface area (Å²) in [6.45, 7) is 3.80. The van der Waals surface area contributed by atoms with Gasteiger partial charge in [-0.2, -0.15) is 0 Å². The summed E-state index contributed by atoms with van der Waals surface area (Å²) in [5.41, 5.74) is 13.1. The first-order valence-electron chi connectivity index (χ1n) is 7.31.